The first-order chi connectivity index (χ1) is 12.1. The van der Waals surface area contributed by atoms with Crippen LogP contribution >= 0.6 is 23.2 Å². The molecule has 0 unspecified atom stereocenters. The quantitative estimate of drug-likeness (QED) is 0.485. The summed E-state index contributed by atoms with van der Waals surface area (Å²) in [4.78, 5) is 12.1. The molecule has 6 heteroatoms. The lowest BCUT2D eigenvalue weighted by atomic mass is 9.49. The first-order valence-electron chi connectivity index (χ1n) is 9.05. The highest BCUT2D eigenvalue weighted by molar-refractivity contribution is 6.39. The molecule has 4 nitrogen and oxygen atoms in total. The maximum absolute atomic E-state index is 12.1. The molecule has 0 bridgehead atoms. The van der Waals surface area contributed by atoms with E-state index < -0.39 is 11.4 Å². The second-order valence-corrected chi connectivity index (χ2v) is 9.25. The van der Waals surface area contributed by atoms with Crippen LogP contribution in [0.5, 0.6) is 0 Å². The average molecular weight is 398 g/mol. The number of halogens is 2. The van der Waals surface area contributed by atoms with Crippen molar-refractivity contribution in [2.75, 3.05) is 0 Å². The smallest absolute Gasteiger partial charge is 0.309 e. The van der Waals surface area contributed by atoms with Crippen LogP contribution in [0.4, 0.5) is 0 Å². The summed E-state index contributed by atoms with van der Waals surface area (Å²) in [5.41, 5.74) is 1.69. The molecule has 0 heterocycles. The first kappa shape index (κ1) is 19.5. The first-order valence-corrected chi connectivity index (χ1v) is 9.80. The molecule has 0 radical (unpaired) electrons. The van der Waals surface area contributed by atoms with Gasteiger partial charge in [0.05, 0.1) is 16.1 Å². The summed E-state index contributed by atoms with van der Waals surface area (Å²) in [6, 6.07) is 1.92. The molecule has 0 amide bonds. The lowest BCUT2D eigenvalue weighted by Gasteiger charge is -2.53. The molecule has 1 aromatic rings. The van der Waals surface area contributed by atoms with Crippen LogP contribution in [0.3, 0.4) is 0 Å². The summed E-state index contributed by atoms with van der Waals surface area (Å²) in [5, 5.41) is 24.3. The van der Waals surface area contributed by atoms with E-state index in [2.05, 4.69) is 12.1 Å². The lowest BCUT2D eigenvalue weighted by Crippen LogP contribution is -2.53. The van der Waals surface area contributed by atoms with Gasteiger partial charge in [-0.3, -0.25) is 4.79 Å². The molecule has 3 rings (SSSR count). The summed E-state index contributed by atoms with van der Waals surface area (Å²) in [6.07, 6.45) is 2.69. The normalized spacial score (nSPS) is 32.4. The van der Waals surface area contributed by atoms with Gasteiger partial charge in [-0.05, 0) is 60.6 Å². The van der Waals surface area contributed by atoms with Crippen LogP contribution in [-0.2, 0) is 10.2 Å². The van der Waals surface area contributed by atoms with Gasteiger partial charge in [0, 0.05) is 10.6 Å². The zero-order valence-electron chi connectivity index (χ0n) is 15.6. The summed E-state index contributed by atoms with van der Waals surface area (Å²) in [7, 11) is 0. The van der Waals surface area contributed by atoms with Crippen LogP contribution in [-0.4, -0.2) is 22.0 Å². The van der Waals surface area contributed by atoms with E-state index in [-0.39, 0.29) is 17.3 Å². The molecular formula is C20H25Cl2NO3. The molecule has 2 aliphatic rings. The predicted octanol–water partition coefficient (Wildman–Crippen LogP) is 5.85. The van der Waals surface area contributed by atoms with Crippen molar-refractivity contribution in [1.29, 1.82) is 0 Å². The summed E-state index contributed by atoms with van der Waals surface area (Å²) in [6.45, 7) is 7.95. The molecule has 2 aliphatic carbocycles. The number of nitrogens with zero attached hydrogens (tertiary/aromatic N) is 1. The van der Waals surface area contributed by atoms with Crippen molar-refractivity contribution in [3.05, 3.63) is 32.8 Å². The van der Waals surface area contributed by atoms with Crippen molar-refractivity contribution >= 4 is 34.9 Å². The number of carboxylic acid groups (broad SMARTS) is 1. The SMILES string of the molecule is CC(C)c1c(Cl)cc2c(c1Cl)/C(=N/O)C[C@H]1[C@](C)(C(=O)O)CCC[C@]21C. The Morgan fingerprint density at radius 2 is 1.96 bits per heavy atom. The second-order valence-electron chi connectivity index (χ2n) is 8.46. The van der Waals surface area contributed by atoms with Crippen LogP contribution < -0.4 is 0 Å². The number of hydrogen-bond donors (Lipinski definition) is 2. The van der Waals surface area contributed by atoms with Crippen molar-refractivity contribution in [3.8, 4) is 0 Å². The van der Waals surface area contributed by atoms with Crippen LogP contribution in [0.2, 0.25) is 10.0 Å². The number of benzene rings is 1. The predicted molar refractivity (Wildman–Crippen MR) is 104 cm³/mol. The summed E-state index contributed by atoms with van der Waals surface area (Å²) in [5.74, 6) is -0.858. The Hall–Kier alpha value is -1.26. The highest BCUT2D eigenvalue weighted by atomic mass is 35.5. The topological polar surface area (TPSA) is 69.9 Å². The summed E-state index contributed by atoms with van der Waals surface area (Å²) >= 11 is 13.3. The van der Waals surface area contributed by atoms with E-state index in [1.54, 1.807) is 0 Å². The molecule has 1 fully saturated rings. The number of rotatable bonds is 2. The molecule has 1 aromatic carbocycles. The van der Waals surface area contributed by atoms with Crippen molar-refractivity contribution in [2.24, 2.45) is 16.5 Å². The molecule has 0 spiro atoms. The summed E-state index contributed by atoms with van der Waals surface area (Å²) < 4.78 is 0. The molecule has 1 saturated carbocycles. The van der Waals surface area contributed by atoms with Gasteiger partial charge in [-0.15, -0.1) is 0 Å². The molecule has 0 saturated heterocycles. The van der Waals surface area contributed by atoms with Gasteiger partial charge in [-0.1, -0.05) is 55.5 Å². The van der Waals surface area contributed by atoms with Crippen molar-refractivity contribution in [2.45, 2.75) is 64.7 Å². The van der Waals surface area contributed by atoms with Gasteiger partial charge >= 0.3 is 5.97 Å². The molecule has 0 aliphatic heterocycles. The van der Waals surface area contributed by atoms with E-state index in [9.17, 15) is 15.1 Å². The molecule has 2 N–H and O–H groups in total. The van der Waals surface area contributed by atoms with Crippen LogP contribution in [0.1, 0.15) is 76.0 Å². The van der Waals surface area contributed by atoms with Gasteiger partial charge in [0.25, 0.3) is 0 Å². The van der Waals surface area contributed by atoms with Gasteiger partial charge < -0.3 is 10.3 Å². The number of fused-ring (bicyclic) bond motifs is 3. The Kier molecular flexibility index (Phi) is 4.81. The van der Waals surface area contributed by atoms with Gasteiger partial charge in [0.15, 0.2) is 0 Å². The fourth-order valence-electron chi connectivity index (χ4n) is 5.19. The maximum Gasteiger partial charge on any atom is 0.309 e. The fraction of sp³-hybridized carbons (Fsp3) is 0.600. The second kappa shape index (κ2) is 6.42. The minimum absolute atomic E-state index is 0.126. The van der Waals surface area contributed by atoms with E-state index in [4.69, 9.17) is 23.2 Å². The molecule has 26 heavy (non-hydrogen) atoms. The standard InChI is InChI=1S/C20H25Cl2NO3/c1-10(2)15-12(21)8-11-16(17(15)22)13(23-26)9-14-19(11,3)6-5-7-20(14,4)18(24)25/h8,10,14,26H,5-7,9H2,1-4H3,(H,24,25)/b23-13+/t14-,19-,20-/m1/s1. The van der Waals surface area contributed by atoms with Crippen molar-refractivity contribution < 1.29 is 15.1 Å². The Morgan fingerprint density at radius 3 is 2.50 bits per heavy atom. The Labute approximate surface area is 164 Å². The number of carbonyl (C=O) groups is 1. The highest BCUT2D eigenvalue weighted by Gasteiger charge is 2.57. The third-order valence-electron chi connectivity index (χ3n) is 6.67. The number of carboxylic acids is 1. The average Bonchev–Trinajstić information content (AvgIpc) is 2.54. The Balaban J connectivity index is 2.32. The van der Waals surface area contributed by atoms with E-state index in [0.717, 1.165) is 29.5 Å². The molecule has 0 aromatic heterocycles. The monoisotopic (exact) mass is 397 g/mol. The molecular weight excluding hydrogens is 373 g/mol. The van der Waals surface area contributed by atoms with Gasteiger partial charge in [0.2, 0.25) is 0 Å². The van der Waals surface area contributed by atoms with E-state index in [0.29, 0.717) is 28.6 Å². The highest BCUT2D eigenvalue weighted by Crippen LogP contribution is 2.59. The lowest BCUT2D eigenvalue weighted by molar-refractivity contribution is -0.156. The minimum Gasteiger partial charge on any atom is -0.481 e. The maximum atomic E-state index is 12.1. The van der Waals surface area contributed by atoms with Crippen molar-refractivity contribution in [1.82, 2.24) is 0 Å². The van der Waals surface area contributed by atoms with Gasteiger partial charge in [-0.2, -0.15) is 0 Å². The van der Waals surface area contributed by atoms with Crippen molar-refractivity contribution in [3.63, 3.8) is 0 Å². The largest absolute Gasteiger partial charge is 0.481 e. The van der Waals surface area contributed by atoms with E-state index >= 15 is 0 Å². The number of aliphatic carboxylic acids is 1. The van der Waals surface area contributed by atoms with Gasteiger partial charge in [-0.25, -0.2) is 0 Å². The van der Waals surface area contributed by atoms with E-state index in [1.807, 2.05) is 26.8 Å². The van der Waals surface area contributed by atoms with E-state index in [1.165, 1.54) is 0 Å². The van der Waals surface area contributed by atoms with Crippen LogP contribution in [0.15, 0.2) is 11.2 Å². The molecule has 3 atom stereocenters. The minimum atomic E-state index is -0.879. The number of hydrogen-bond acceptors (Lipinski definition) is 3. The van der Waals surface area contributed by atoms with Gasteiger partial charge in [0.1, 0.15) is 0 Å². The zero-order chi connectivity index (χ0) is 19.4. The van der Waals surface area contributed by atoms with Crippen LogP contribution in [0, 0.1) is 11.3 Å². The fourth-order valence-corrected chi connectivity index (χ4v) is 6.19. The third kappa shape index (κ3) is 2.56. The zero-order valence-corrected chi connectivity index (χ0v) is 17.1. The number of oxime groups is 1. The Bertz CT molecular complexity index is 805. The third-order valence-corrected chi connectivity index (χ3v) is 7.38. The van der Waals surface area contributed by atoms with Crippen LogP contribution in [0.25, 0.3) is 0 Å². The molecule has 142 valence electrons. The Morgan fingerprint density at radius 1 is 1.31 bits per heavy atom.